The highest BCUT2D eigenvalue weighted by Gasteiger charge is 1.99. The van der Waals surface area contributed by atoms with Crippen LogP contribution in [-0.4, -0.2) is 30.7 Å². The number of aliphatic hydroxyl groups is 1. The van der Waals surface area contributed by atoms with Crippen molar-refractivity contribution in [1.82, 2.24) is 0 Å². The second kappa shape index (κ2) is 6.31. The van der Waals surface area contributed by atoms with Gasteiger partial charge < -0.3 is 9.84 Å². The van der Waals surface area contributed by atoms with Crippen LogP contribution in [0.4, 0.5) is 0 Å². The summed E-state index contributed by atoms with van der Waals surface area (Å²) in [7, 11) is 0. The Morgan fingerprint density at radius 2 is 2.27 bits per heavy atom. The van der Waals surface area contributed by atoms with E-state index in [4.69, 9.17) is 9.84 Å². The van der Waals surface area contributed by atoms with E-state index in [0.717, 1.165) is 0 Å². The number of carbonyl (C=O) groups is 1. The molecule has 0 aliphatic heterocycles. The van der Waals surface area contributed by atoms with E-state index in [9.17, 15) is 4.79 Å². The fraction of sp³-hybridized carbons (Fsp3) is 0.875. The first-order valence-electron chi connectivity index (χ1n) is 3.85. The maximum Gasteiger partial charge on any atom is 0.132 e. The zero-order valence-corrected chi connectivity index (χ0v) is 7.17. The quantitative estimate of drug-likeness (QED) is 0.579. The SMILES string of the molecule is CC(=O)CCOCC(C)CO. The van der Waals surface area contributed by atoms with Gasteiger partial charge in [0.2, 0.25) is 0 Å². The molecule has 0 saturated heterocycles. The first-order chi connectivity index (χ1) is 5.16. The topological polar surface area (TPSA) is 46.5 Å². The average molecular weight is 160 g/mol. The Labute approximate surface area is 67.4 Å². The van der Waals surface area contributed by atoms with Crippen LogP contribution in [0.3, 0.4) is 0 Å². The van der Waals surface area contributed by atoms with Crippen LogP contribution < -0.4 is 0 Å². The lowest BCUT2D eigenvalue weighted by Gasteiger charge is -2.07. The second-order valence-corrected chi connectivity index (χ2v) is 2.81. The van der Waals surface area contributed by atoms with Crippen molar-refractivity contribution in [3.63, 3.8) is 0 Å². The van der Waals surface area contributed by atoms with Crippen molar-refractivity contribution in [2.45, 2.75) is 20.3 Å². The van der Waals surface area contributed by atoms with E-state index in [0.29, 0.717) is 19.6 Å². The number of carbonyl (C=O) groups excluding carboxylic acids is 1. The minimum atomic E-state index is 0.139. The fourth-order valence-electron chi connectivity index (χ4n) is 0.553. The van der Waals surface area contributed by atoms with Crippen LogP contribution in [-0.2, 0) is 9.53 Å². The highest BCUT2D eigenvalue weighted by Crippen LogP contribution is 1.94. The van der Waals surface area contributed by atoms with Crippen molar-refractivity contribution in [3.8, 4) is 0 Å². The molecule has 0 fully saturated rings. The summed E-state index contributed by atoms with van der Waals surface area (Å²) >= 11 is 0. The Morgan fingerprint density at radius 3 is 2.73 bits per heavy atom. The Bertz CT molecular complexity index is 112. The lowest BCUT2D eigenvalue weighted by Crippen LogP contribution is -2.11. The summed E-state index contributed by atoms with van der Waals surface area (Å²) < 4.78 is 5.12. The van der Waals surface area contributed by atoms with Gasteiger partial charge in [-0.25, -0.2) is 0 Å². The maximum absolute atomic E-state index is 10.4. The Hall–Kier alpha value is -0.410. The molecule has 0 amide bonds. The first kappa shape index (κ1) is 10.6. The molecule has 0 aliphatic rings. The van der Waals surface area contributed by atoms with Gasteiger partial charge in [0.25, 0.3) is 0 Å². The molecule has 0 aromatic rings. The van der Waals surface area contributed by atoms with Gasteiger partial charge in [-0.1, -0.05) is 6.92 Å². The van der Waals surface area contributed by atoms with E-state index in [1.807, 2.05) is 6.92 Å². The highest BCUT2D eigenvalue weighted by molar-refractivity contribution is 5.75. The van der Waals surface area contributed by atoms with Crippen molar-refractivity contribution in [3.05, 3.63) is 0 Å². The number of Topliss-reactive ketones (excluding diaryl/α,β-unsaturated/α-hetero) is 1. The third kappa shape index (κ3) is 7.49. The smallest absolute Gasteiger partial charge is 0.132 e. The summed E-state index contributed by atoms with van der Waals surface area (Å²) in [4.78, 5) is 10.4. The third-order valence-electron chi connectivity index (χ3n) is 1.31. The molecule has 0 aliphatic carbocycles. The summed E-state index contributed by atoms with van der Waals surface area (Å²) in [5.41, 5.74) is 0. The molecule has 0 aromatic carbocycles. The molecule has 1 N–H and O–H groups in total. The van der Waals surface area contributed by atoms with E-state index in [-0.39, 0.29) is 18.3 Å². The van der Waals surface area contributed by atoms with Gasteiger partial charge >= 0.3 is 0 Å². The molecule has 0 rings (SSSR count). The van der Waals surface area contributed by atoms with Crippen LogP contribution in [0.5, 0.6) is 0 Å². The number of ether oxygens (including phenoxy) is 1. The Kier molecular flexibility index (Phi) is 6.07. The summed E-state index contributed by atoms with van der Waals surface area (Å²) in [5.74, 6) is 0.309. The Balaban J connectivity index is 3.08. The minimum Gasteiger partial charge on any atom is -0.396 e. The van der Waals surface area contributed by atoms with Gasteiger partial charge in [-0.15, -0.1) is 0 Å². The molecule has 1 unspecified atom stereocenters. The van der Waals surface area contributed by atoms with Crippen LogP contribution >= 0.6 is 0 Å². The normalized spacial score (nSPS) is 13.0. The van der Waals surface area contributed by atoms with Gasteiger partial charge in [-0.2, -0.15) is 0 Å². The summed E-state index contributed by atoms with van der Waals surface area (Å²) in [6.07, 6.45) is 0.470. The molecule has 1 atom stereocenters. The van der Waals surface area contributed by atoms with Crippen molar-refractivity contribution < 1.29 is 14.6 Å². The van der Waals surface area contributed by atoms with Crippen LogP contribution in [0.2, 0.25) is 0 Å². The lowest BCUT2D eigenvalue weighted by atomic mass is 10.2. The molecular weight excluding hydrogens is 144 g/mol. The molecule has 3 heteroatoms. The molecule has 11 heavy (non-hydrogen) atoms. The van der Waals surface area contributed by atoms with E-state index in [1.165, 1.54) is 0 Å². The molecule has 0 saturated carbocycles. The number of aliphatic hydroxyl groups excluding tert-OH is 1. The van der Waals surface area contributed by atoms with E-state index in [2.05, 4.69) is 0 Å². The molecule has 0 aromatic heterocycles. The molecule has 0 bridgehead atoms. The summed E-state index contributed by atoms with van der Waals surface area (Å²) in [5, 5.41) is 8.60. The molecule has 0 spiro atoms. The standard InChI is InChI=1S/C8H16O3/c1-7(5-9)6-11-4-3-8(2)10/h7,9H,3-6H2,1-2H3. The van der Waals surface area contributed by atoms with Crippen LogP contribution in [0.25, 0.3) is 0 Å². The van der Waals surface area contributed by atoms with Gasteiger partial charge in [0, 0.05) is 18.9 Å². The van der Waals surface area contributed by atoms with Crippen molar-refractivity contribution in [2.75, 3.05) is 19.8 Å². The van der Waals surface area contributed by atoms with Crippen molar-refractivity contribution in [2.24, 2.45) is 5.92 Å². The number of hydrogen-bond donors (Lipinski definition) is 1. The largest absolute Gasteiger partial charge is 0.396 e. The van der Waals surface area contributed by atoms with Gasteiger partial charge in [-0.05, 0) is 6.92 Å². The first-order valence-corrected chi connectivity index (χ1v) is 3.85. The second-order valence-electron chi connectivity index (χ2n) is 2.81. The number of ketones is 1. The predicted octanol–water partition coefficient (Wildman–Crippen LogP) is 0.611. The van der Waals surface area contributed by atoms with Crippen molar-refractivity contribution >= 4 is 5.78 Å². The van der Waals surface area contributed by atoms with Gasteiger partial charge in [-0.3, -0.25) is 4.79 Å². The van der Waals surface area contributed by atoms with Crippen LogP contribution in [0.15, 0.2) is 0 Å². The third-order valence-corrected chi connectivity index (χ3v) is 1.31. The highest BCUT2D eigenvalue weighted by atomic mass is 16.5. The predicted molar refractivity (Wildman–Crippen MR) is 42.4 cm³/mol. The number of rotatable bonds is 6. The number of hydrogen-bond acceptors (Lipinski definition) is 3. The molecule has 0 heterocycles. The molecular formula is C8H16O3. The van der Waals surface area contributed by atoms with Crippen LogP contribution in [0.1, 0.15) is 20.3 Å². The zero-order chi connectivity index (χ0) is 8.69. The van der Waals surface area contributed by atoms with Gasteiger partial charge in [0.05, 0.1) is 13.2 Å². The Morgan fingerprint density at radius 1 is 1.64 bits per heavy atom. The van der Waals surface area contributed by atoms with Crippen LogP contribution in [0, 0.1) is 5.92 Å². The monoisotopic (exact) mass is 160 g/mol. The van der Waals surface area contributed by atoms with Gasteiger partial charge in [0.1, 0.15) is 5.78 Å². The summed E-state index contributed by atoms with van der Waals surface area (Å²) in [6.45, 7) is 4.58. The molecule has 0 radical (unpaired) electrons. The summed E-state index contributed by atoms with van der Waals surface area (Å²) in [6, 6.07) is 0. The minimum absolute atomic E-state index is 0.139. The average Bonchev–Trinajstić information content (AvgIpc) is 1.97. The van der Waals surface area contributed by atoms with Crippen molar-refractivity contribution in [1.29, 1.82) is 0 Å². The fourth-order valence-corrected chi connectivity index (χ4v) is 0.553. The zero-order valence-electron chi connectivity index (χ0n) is 7.17. The molecule has 3 nitrogen and oxygen atoms in total. The van der Waals surface area contributed by atoms with E-state index in [1.54, 1.807) is 6.92 Å². The maximum atomic E-state index is 10.4. The van der Waals surface area contributed by atoms with E-state index < -0.39 is 0 Å². The lowest BCUT2D eigenvalue weighted by molar-refractivity contribution is -0.118. The van der Waals surface area contributed by atoms with E-state index >= 15 is 0 Å². The molecule has 66 valence electrons. The van der Waals surface area contributed by atoms with Gasteiger partial charge in [0.15, 0.2) is 0 Å².